The number of ether oxygens (including phenoxy) is 1. The van der Waals surface area contributed by atoms with Gasteiger partial charge in [-0.15, -0.1) is 11.3 Å². The standard InChI is InChI=1S/C15H12Br2O2S/c16-11-8-14(20-15(11)17)12(18)3-1-9-2-4-13-10(7-9)5-6-19-13/h2,4,7-8H,1,3,5-6H2. The molecule has 0 aliphatic carbocycles. The van der Waals surface area contributed by atoms with Crippen LogP contribution in [-0.2, 0) is 12.8 Å². The molecule has 0 bridgehead atoms. The van der Waals surface area contributed by atoms with E-state index in [1.54, 1.807) is 0 Å². The van der Waals surface area contributed by atoms with E-state index in [0.717, 1.165) is 38.3 Å². The lowest BCUT2D eigenvalue weighted by Crippen LogP contribution is -1.99. The third-order valence-corrected chi connectivity index (χ3v) is 6.61. The lowest BCUT2D eigenvalue weighted by Gasteiger charge is -2.03. The van der Waals surface area contributed by atoms with E-state index < -0.39 is 0 Å². The summed E-state index contributed by atoms with van der Waals surface area (Å²) in [6.45, 7) is 0.773. The molecule has 0 amide bonds. The molecule has 0 N–H and O–H groups in total. The minimum atomic E-state index is 0.193. The van der Waals surface area contributed by atoms with Crippen molar-refractivity contribution in [1.82, 2.24) is 0 Å². The molecular formula is C15H12Br2O2S. The number of hydrogen-bond donors (Lipinski definition) is 0. The molecule has 0 radical (unpaired) electrons. The molecular weight excluding hydrogens is 404 g/mol. The van der Waals surface area contributed by atoms with Crippen molar-refractivity contribution in [3.63, 3.8) is 0 Å². The SMILES string of the molecule is O=C(CCc1ccc2c(c1)CCO2)c1cc(Br)c(Br)s1. The summed E-state index contributed by atoms with van der Waals surface area (Å²) >= 11 is 8.31. The van der Waals surface area contributed by atoms with Gasteiger partial charge >= 0.3 is 0 Å². The van der Waals surface area contributed by atoms with E-state index in [2.05, 4.69) is 44.0 Å². The third-order valence-electron chi connectivity index (χ3n) is 3.31. The number of aryl methyl sites for hydroxylation is 1. The molecule has 0 fully saturated rings. The molecule has 0 atom stereocenters. The van der Waals surface area contributed by atoms with E-state index in [4.69, 9.17) is 4.74 Å². The summed E-state index contributed by atoms with van der Waals surface area (Å²) in [5.74, 6) is 1.18. The molecule has 2 heterocycles. The lowest BCUT2D eigenvalue weighted by molar-refractivity contribution is 0.0986. The smallest absolute Gasteiger partial charge is 0.173 e. The summed E-state index contributed by atoms with van der Waals surface area (Å²) in [4.78, 5) is 13.0. The fraction of sp³-hybridized carbons (Fsp3) is 0.267. The summed E-state index contributed by atoms with van der Waals surface area (Å²) in [7, 11) is 0. The second kappa shape index (κ2) is 6.00. The molecule has 0 saturated carbocycles. The Bertz CT molecular complexity index is 644. The fourth-order valence-electron chi connectivity index (χ4n) is 2.26. The first-order chi connectivity index (χ1) is 9.63. The first kappa shape index (κ1) is 14.3. The Balaban J connectivity index is 1.66. The van der Waals surface area contributed by atoms with Crippen LogP contribution in [-0.4, -0.2) is 12.4 Å². The van der Waals surface area contributed by atoms with Crippen LogP contribution in [0.15, 0.2) is 32.5 Å². The van der Waals surface area contributed by atoms with Gasteiger partial charge in [0.15, 0.2) is 5.78 Å². The number of hydrogen-bond acceptors (Lipinski definition) is 3. The molecule has 1 aliphatic rings. The van der Waals surface area contributed by atoms with Gasteiger partial charge in [-0.3, -0.25) is 4.79 Å². The Hall–Kier alpha value is -0.650. The Kier molecular flexibility index (Phi) is 4.29. The van der Waals surface area contributed by atoms with E-state index in [1.807, 2.05) is 12.1 Å². The quantitative estimate of drug-likeness (QED) is 0.655. The van der Waals surface area contributed by atoms with Crippen molar-refractivity contribution in [3.8, 4) is 5.75 Å². The van der Waals surface area contributed by atoms with E-state index in [1.165, 1.54) is 22.5 Å². The van der Waals surface area contributed by atoms with Crippen molar-refractivity contribution in [2.45, 2.75) is 19.3 Å². The molecule has 5 heteroatoms. The fourth-order valence-corrected chi connectivity index (χ4v) is 4.26. The Labute approximate surface area is 138 Å². The summed E-state index contributed by atoms with van der Waals surface area (Å²) < 4.78 is 7.40. The summed E-state index contributed by atoms with van der Waals surface area (Å²) in [5.41, 5.74) is 2.47. The number of Topliss-reactive ketones (excluding diaryl/α,β-unsaturated/α-hetero) is 1. The average molecular weight is 416 g/mol. The Morgan fingerprint density at radius 2 is 2.15 bits per heavy atom. The number of ketones is 1. The van der Waals surface area contributed by atoms with Gasteiger partial charge in [-0.1, -0.05) is 12.1 Å². The van der Waals surface area contributed by atoms with Gasteiger partial charge in [0.25, 0.3) is 0 Å². The molecule has 0 spiro atoms. The summed E-state index contributed by atoms with van der Waals surface area (Å²) in [6, 6.07) is 8.11. The number of fused-ring (bicyclic) bond motifs is 1. The zero-order valence-electron chi connectivity index (χ0n) is 10.6. The highest BCUT2D eigenvalue weighted by atomic mass is 79.9. The van der Waals surface area contributed by atoms with Crippen LogP contribution in [0, 0.1) is 0 Å². The highest BCUT2D eigenvalue weighted by Crippen LogP contribution is 2.33. The largest absolute Gasteiger partial charge is 0.493 e. The van der Waals surface area contributed by atoms with Gasteiger partial charge in [0.1, 0.15) is 5.75 Å². The molecule has 0 saturated heterocycles. The number of benzene rings is 1. The minimum Gasteiger partial charge on any atom is -0.493 e. The number of halogens is 2. The molecule has 1 aromatic heterocycles. The maximum atomic E-state index is 12.2. The van der Waals surface area contributed by atoms with Gasteiger partial charge < -0.3 is 4.74 Å². The van der Waals surface area contributed by atoms with Gasteiger partial charge in [-0.25, -0.2) is 0 Å². The van der Waals surface area contributed by atoms with Gasteiger partial charge in [-0.05, 0) is 61.5 Å². The molecule has 3 rings (SSSR count). The monoisotopic (exact) mass is 414 g/mol. The topological polar surface area (TPSA) is 26.3 Å². The van der Waals surface area contributed by atoms with E-state index in [9.17, 15) is 4.79 Å². The predicted molar refractivity (Wildman–Crippen MR) is 88.0 cm³/mol. The van der Waals surface area contributed by atoms with Crippen molar-refractivity contribution in [1.29, 1.82) is 0 Å². The zero-order chi connectivity index (χ0) is 14.1. The number of thiophene rings is 1. The molecule has 20 heavy (non-hydrogen) atoms. The minimum absolute atomic E-state index is 0.193. The van der Waals surface area contributed by atoms with E-state index in [-0.39, 0.29) is 5.78 Å². The van der Waals surface area contributed by atoms with Crippen LogP contribution in [0.4, 0.5) is 0 Å². The van der Waals surface area contributed by atoms with Crippen LogP contribution in [0.5, 0.6) is 5.75 Å². The van der Waals surface area contributed by atoms with Crippen molar-refractivity contribution < 1.29 is 9.53 Å². The summed E-state index contributed by atoms with van der Waals surface area (Å²) in [5, 5.41) is 0. The Morgan fingerprint density at radius 3 is 2.90 bits per heavy atom. The third kappa shape index (κ3) is 3.00. The first-order valence-corrected chi connectivity index (χ1v) is 8.76. The van der Waals surface area contributed by atoms with Crippen LogP contribution in [0.1, 0.15) is 27.2 Å². The normalized spacial score (nSPS) is 13.1. The maximum Gasteiger partial charge on any atom is 0.173 e. The molecule has 2 aromatic rings. The van der Waals surface area contributed by atoms with Gasteiger partial charge in [-0.2, -0.15) is 0 Å². The highest BCUT2D eigenvalue weighted by molar-refractivity contribution is 9.13. The first-order valence-electron chi connectivity index (χ1n) is 6.36. The van der Waals surface area contributed by atoms with Crippen LogP contribution in [0.3, 0.4) is 0 Å². The second-order valence-electron chi connectivity index (χ2n) is 4.70. The van der Waals surface area contributed by atoms with Crippen LogP contribution in [0.25, 0.3) is 0 Å². The van der Waals surface area contributed by atoms with Crippen molar-refractivity contribution in [2.24, 2.45) is 0 Å². The number of carbonyl (C=O) groups excluding carboxylic acids is 1. The molecule has 2 nitrogen and oxygen atoms in total. The lowest BCUT2D eigenvalue weighted by atomic mass is 10.0. The van der Waals surface area contributed by atoms with Gasteiger partial charge in [0.05, 0.1) is 15.3 Å². The molecule has 104 valence electrons. The Morgan fingerprint density at radius 1 is 1.30 bits per heavy atom. The van der Waals surface area contributed by atoms with Gasteiger partial charge in [0.2, 0.25) is 0 Å². The van der Waals surface area contributed by atoms with E-state index >= 15 is 0 Å². The average Bonchev–Trinajstić information content (AvgIpc) is 3.03. The summed E-state index contributed by atoms with van der Waals surface area (Å²) in [6.07, 6.45) is 2.29. The van der Waals surface area contributed by atoms with Crippen LogP contribution in [0.2, 0.25) is 0 Å². The van der Waals surface area contributed by atoms with Crippen molar-refractivity contribution >= 4 is 49.0 Å². The molecule has 1 aliphatic heterocycles. The van der Waals surface area contributed by atoms with Crippen LogP contribution < -0.4 is 4.74 Å². The van der Waals surface area contributed by atoms with Crippen LogP contribution >= 0.6 is 43.2 Å². The second-order valence-corrected chi connectivity index (χ2v) is 7.92. The number of rotatable bonds is 4. The van der Waals surface area contributed by atoms with E-state index in [0.29, 0.717) is 6.42 Å². The highest BCUT2D eigenvalue weighted by Gasteiger charge is 2.14. The molecule has 0 unspecified atom stereocenters. The maximum absolute atomic E-state index is 12.2. The molecule has 1 aromatic carbocycles. The van der Waals surface area contributed by atoms with Crippen molar-refractivity contribution in [2.75, 3.05) is 6.61 Å². The van der Waals surface area contributed by atoms with Crippen molar-refractivity contribution in [3.05, 3.63) is 48.5 Å². The predicted octanol–water partition coefficient (Wildman–Crippen LogP) is 5.02. The number of carbonyl (C=O) groups is 1. The van der Waals surface area contributed by atoms with Gasteiger partial charge in [0, 0.05) is 17.3 Å². The zero-order valence-corrected chi connectivity index (χ0v) is 14.6.